The van der Waals surface area contributed by atoms with Crippen LogP contribution in [0.15, 0.2) is 24.3 Å². The van der Waals surface area contributed by atoms with Gasteiger partial charge in [-0.05, 0) is 78.5 Å². The van der Waals surface area contributed by atoms with Crippen LogP contribution in [0.25, 0.3) is 0 Å². The summed E-state index contributed by atoms with van der Waals surface area (Å²) in [5.74, 6) is 0.694. The van der Waals surface area contributed by atoms with E-state index in [4.69, 9.17) is 0 Å². The summed E-state index contributed by atoms with van der Waals surface area (Å²) >= 11 is 0. The minimum Gasteiger partial charge on any atom is -0.306 e. The Kier molecular flexibility index (Phi) is 5.03. The molecule has 1 fully saturated rings. The lowest BCUT2D eigenvalue weighted by atomic mass is 9.95. The number of benzene rings is 1. The van der Waals surface area contributed by atoms with E-state index in [1.54, 1.807) is 0 Å². The average molecular weight is 303 g/mol. The van der Waals surface area contributed by atoms with Crippen LogP contribution in [-0.4, -0.2) is 29.1 Å². The topological polar surface area (TPSA) is 15.3 Å². The quantitative estimate of drug-likeness (QED) is 0.869. The molecule has 1 aliphatic heterocycles. The maximum Gasteiger partial charge on any atom is 0.0296 e. The Morgan fingerprint density at radius 3 is 2.09 bits per heavy atom. The zero-order valence-electron chi connectivity index (χ0n) is 15.5. The first kappa shape index (κ1) is 17.5. The van der Waals surface area contributed by atoms with Crippen molar-refractivity contribution in [2.24, 2.45) is 0 Å². The van der Waals surface area contributed by atoms with Gasteiger partial charge in [0.2, 0.25) is 0 Å². The van der Waals surface area contributed by atoms with Crippen molar-refractivity contribution in [3.63, 3.8) is 0 Å². The molecular weight excluding hydrogens is 268 g/mol. The highest BCUT2D eigenvalue weighted by Gasteiger charge is 2.30. The second kappa shape index (κ2) is 6.33. The average Bonchev–Trinajstić information content (AvgIpc) is 2.86. The van der Waals surface area contributed by atoms with E-state index in [9.17, 15) is 0 Å². The largest absolute Gasteiger partial charge is 0.306 e. The fourth-order valence-electron chi connectivity index (χ4n) is 3.43. The Balaban J connectivity index is 2.01. The molecule has 1 aromatic carbocycles. The van der Waals surface area contributed by atoms with Crippen LogP contribution >= 0.6 is 0 Å². The second-order valence-corrected chi connectivity index (χ2v) is 8.89. The molecule has 0 aliphatic carbocycles. The minimum absolute atomic E-state index is 0.150. The molecule has 2 unspecified atom stereocenters. The zero-order valence-corrected chi connectivity index (χ0v) is 15.5. The van der Waals surface area contributed by atoms with Crippen molar-refractivity contribution in [2.45, 2.75) is 77.9 Å². The van der Waals surface area contributed by atoms with E-state index in [1.165, 1.54) is 30.6 Å². The Morgan fingerprint density at radius 1 is 1.05 bits per heavy atom. The molecule has 0 amide bonds. The third-order valence-corrected chi connectivity index (χ3v) is 4.69. The summed E-state index contributed by atoms with van der Waals surface area (Å²) in [6, 6.07) is 9.68. The van der Waals surface area contributed by atoms with Crippen LogP contribution in [0.1, 0.15) is 78.0 Å². The van der Waals surface area contributed by atoms with Gasteiger partial charge in [-0.3, -0.25) is 4.90 Å². The number of hydrogen-bond acceptors (Lipinski definition) is 2. The van der Waals surface area contributed by atoms with Crippen LogP contribution in [0.2, 0.25) is 0 Å². The molecule has 1 aromatic rings. The Bertz CT molecular complexity index is 476. The predicted octanol–water partition coefficient (Wildman–Crippen LogP) is 4.72. The van der Waals surface area contributed by atoms with Gasteiger partial charge in [0.05, 0.1) is 0 Å². The highest BCUT2D eigenvalue weighted by molar-refractivity contribution is 5.28. The Hall–Kier alpha value is -0.860. The van der Waals surface area contributed by atoms with Gasteiger partial charge < -0.3 is 5.32 Å². The van der Waals surface area contributed by atoms with Crippen molar-refractivity contribution < 1.29 is 0 Å². The lowest BCUT2D eigenvalue weighted by Crippen LogP contribution is -2.39. The van der Waals surface area contributed by atoms with Crippen molar-refractivity contribution in [3.05, 3.63) is 35.4 Å². The lowest BCUT2D eigenvalue weighted by Gasteiger charge is -2.31. The molecule has 1 aliphatic rings. The van der Waals surface area contributed by atoms with Crippen LogP contribution < -0.4 is 5.32 Å². The first-order valence-electron chi connectivity index (χ1n) is 8.69. The van der Waals surface area contributed by atoms with Crippen LogP contribution in [0.5, 0.6) is 0 Å². The van der Waals surface area contributed by atoms with Gasteiger partial charge in [-0.15, -0.1) is 0 Å². The maximum atomic E-state index is 3.64. The second-order valence-electron chi connectivity index (χ2n) is 8.89. The summed E-state index contributed by atoms with van der Waals surface area (Å²) in [5, 5.41) is 3.64. The summed E-state index contributed by atoms with van der Waals surface area (Å²) in [4.78, 5) is 2.61. The van der Waals surface area contributed by atoms with Gasteiger partial charge in [0.1, 0.15) is 0 Å². The lowest BCUT2D eigenvalue weighted by molar-refractivity contribution is 0.173. The van der Waals surface area contributed by atoms with Gasteiger partial charge in [-0.2, -0.15) is 0 Å². The summed E-state index contributed by atoms with van der Waals surface area (Å²) in [7, 11) is 0. The van der Waals surface area contributed by atoms with Crippen molar-refractivity contribution >= 4 is 0 Å². The molecule has 0 bridgehead atoms. The molecule has 2 heteroatoms. The Labute approximate surface area is 137 Å². The molecule has 2 atom stereocenters. The molecule has 2 nitrogen and oxygen atoms in total. The van der Waals surface area contributed by atoms with Gasteiger partial charge in [0.25, 0.3) is 0 Å². The number of nitrogens with zero attached hydrogens (tertiary/aromatic N) is 1. The first-order valence-corrected chi connectivity index (χ1v) is 8.69. The normalized spacial score (nSPS) is 22.0. The highest BCUT2D eigenvalue weighted by Crippen LogP contribution is 2.32. The van der Waals surface area contributed by atoms with Gasteiger partial charge in [-0.1, -0.05) is 24.3 Å². The molecule has 0 radical (unpaired) electrons. The molecule has 0 aromatic heterocycles. The molecule has 124 valence electrons. The number of hydrogen-bond donors (Lipinski definition) is 1. The van der Waals surface area contributed by atoms with E-state index in [2.05, 4.69) is 82.9 Å². The van der Waals surface area contributed by atoms with Gasteiger partial charge in [0, 0.05) is 23.7 Å². The van der Waals surface area contributed by atoms with Crippen molar-refractivity contribution in [1.29, 1.82) is 0 Å². The molecule has 2 rings (SSSR count). The van der Waals surface area contributed by atoms with Gasteiger partial charge >= 0.3 is 0 Å². The highest BCUT2D eigenvalue weighted by atomic mass is 15.2. The fraction of sp³-hybridized carbons (Fsp3) is 0.700. The van der Waals surface area contributed by atoms with Gasteiger partial charge in [-0.25, -0.2) is 0 Å². The summed E-state index contributed by atoms with van der Waals surface area (Å²) in [6.45, 7) is 18.3. The van der Waals surface area contributed by atoms with E-state index < -0.39 is 0 Å². The molecule has 1 saturated heterocycles. The SMILES string of the molecule is CC(NC(C)(C)C)c1ccc(C2CCN(C(C)(C)C)C2)cc1. The monoisotopic (exact) mass is 302 g/mol. The third kappa shape index (κ3) is 4.57. The molecule has 1 N–H and O–H groups in total. The Morgan fingerprint density at radius 2 is 1.64 bits per heavy atom. The molecule has 22 heavy (non-hydrogen) atoms. The molecule has 1 heterocycles. The smallest absolute Gasteiger partial charge is 0.0296 e. The first-order chi connectivity index (χ1) is 10.1. The predicted molar refractivity (Wildman–Crippen MR) is 96.4 cm³/mol. The standard InChI is InChI=1S/C20H34N2/c1-15(21-19(2,3)4)16-8-10-17(11-9-16)18-12-13-22(14-18)20(5,6)7/h8-11,15,18,21H,12-14H2,1-7H3. The van der Waals surface area contributed by atoms with Crippen LogP contribution in [0, 0.1) is 0 Å². The number of nitrogens with one attached hydrogen (secondary N) is 1. The van der Waals surface area contributed by atoms with Crippen molar-refractivity contribution in [3.8, 4) is 0 Å². The van der Waals surface area contributed by atoms with E-state index in [-0.39, 0.29) is 5.54 Å². The maximum absolute atomic E-state index is 3.64. The van der Waals surface area contributed by atoms with Crippen LogP contribution in [0.4, 0.5) is 0 Å². The summed E-state index contributed by atoms with van der Waals surface area (Å²) in [5.41, 5.74) is 3.32. The summed E-state index contributed by atoms with van der Waals surface area (Å²) < 4.78 is 0. The van der Waals surface area contributed by atoms with Crippen LogP contribution in [0.3, 0.4) is 0 Å². The third-order valence-electron chi connectivity index (χ3n) is 4.69. The van der Waals surface area contributed by atoms with E-state index in [0.717, 1.165) is 0 Å². The zero-order chi connectivity index (χ0) is 16.5. The van der Waals surface area contributed by atoms with Gasteiger partial charge in [0.15, 0.2) is 0 Å². The minimum atomic E-state index is 0.150. The number of likely N-dealkylation sites (tertiary alicyclic amines) is 1. The molecule has 0 saturated carbocycles. The van der Waals surface area contributed by atoms with E-state index in [1.807, 2.05) is 0 Å². The number of rotatable bonds is 3. The van der Waals surface area contributed by atoms with Crippen molar-refractivity contribution in [1.82, 2.24) is 10.2 Å². The molecule has 0 spiro atoms. The fourth-order valence-corrected chi connectivity index (χ4v) is 3.43. The molecular formula is C20H34N2. The summed E-state index contributed by atoms with van der Waals surface area (Å²) in [6.07, 6.45) is 1.28. The van der Waals surface area contributed by atoms with E-state index in [0.29, 0.717) is 17.5 Å². The van der Waals surface area contributed by atoms with E-state index >= 15 is 0 Å². The van der Waals surface area contributed by atoms with Crippen molar-refractivity contribution in [2.75, 3.05) is 13.1 Å². The van der Waals surface area contributed by atoms with Crippen LogP contribution in [-0.2, 0) is 0 Å².